The molecular formula is C20H16O7. The number of rotatable bonds is 0. The number of fused-ring (bicyclic) bond motifs is 2. The third-order valence-corrected chi connectivity index (χ3v) is 6.11. The molecule has 0 spiro atoms. The van der Waals surface area contributed by atoms with E-state index in [1.54, 1.807) is 6.07 Å². The fraction of sp³-hybridized carbons (Fsp3) is 0.300. The van der Waals surface area contributed by atoms with Crippen molar-refractivity contribution in [2.75, 3.05) is 0 Å². The van der Waals surface area contributed by atoms with Gasteiger partial charge in [0.05, 0.1) is 23.3 Å². The molecule has 0 aromatic heterocycles. The van der Waals surface area contributed by atoms with Crippen LogP contribution >= 0.6 is 0 Å². The van der Waals surface area contributed by atoms with Crippen LogP contribution in [-0.4, -0.2) is 49.3 Å². The summed E-state index contributed by atoms with van der Waals surface area (Å²) in [6.07, 6.45) is -3.61. The molecule has 138 valence electrons. The molecule has 0 fully saturated rings. The molecule has 0 radical (unpaired) electrons. The van der Waals surface area contributed by atoms with Gasteiger partial charge in [-0.15, -0.1) is 0 Å². The minimum Gasteiger partial charge on any atom is -0.507 e. The minimum atomic E-state index is -2.08. The van der Waals surface area contributed by atoms with E-state index >= 15 is 0 Å². The molecule has 0 saturated heterocycles. The van der Waals surface area contributed by atoms with Crippen LogP contribution in [0, 0.1) is 0 Å². The van der Waals surface area contributed by atoms with Crippen LogP contribution in [-0.2, 0) is 5.60 Å². The Kier molecular flexibility index (Phi) is 3.01. The number of carbonyl (C=O) groups is 2. The van der Waals surface area contributed by atoms with E-state index in [-0.39, 0.29) is 40.2 Å². The molecule has 5 N–H and O–H groups in total. The Hall–Kier alpha value is -2.74. The molecule has 0 aliphatic heterocycles. The Morgan fingerprint density at radius 3 is 2.15 bits per heavy atom. The number of aliphatic hydroxyl groups is 3. The van der Waals surface area contributed by atoms with Crippen LogP contribution in [0.15, 0.2) is 24.3 Å². The van der Waals surface area contributed by atoms with Crippen LogP contribution in [0.1, 0.15) is 50.6 Å². The number of aliphatic hydroxyl groups excluding tert-OH is 2. The van der Waals surface area contributed by atoms with Crippen LogP contribution < -0.4 is 0 Å². The van der Waals surface area contributed by atoms with Crippen molar-refractivity contribution in [2.24, 2.45) is 0 Å². The first-order chi connectivity index (χ1) is 12.8. The van der Waals surface area contributed by atoms with Gasteiger partial charge in [-0.1, -0.05) is 12.1 Å². The lowest BCUT2D eigenvalue weighted by Crippen LogP contribution is -2.56. The molecule has 7 nitrogen and oxygen atoms in total. The van der Waals surface area contributed by atoms with Gasteiger partial charge in [0.15, 0.2) is 11.6 Å². The van der Waals surface area contributed by atoms with E-state index in [4.69, 9.17) is 0 Å². The van der Waals surface area contributed by atoms with Gasteiger partial charge in [0.2, 0.25) is 0 Å². The van der Waals surface area contributed by atoms with Gasteiger partial charge in [-0.25, -0.2) is 0 Å². The number of benzene rings is 2. The summed E-state index contributed by atoms with van der Waals surface area (Å²) in [5, 5.41) is 53.5. The van der Waals surface area contributed by atoms with Crippen LogP contribution in [0.3, 0.4) is 0 Å². The number of aromatic hydroxyl groups is 2. The largest absolute Gasteiger partial charge is 0.507 e. The van der Waals surface area contributed by atoms with Crippen molar-refractivity contribution < 1.29 is 35.1 Å². The predicted octanol–water partition coefficient (Wildman–Crippen LogP) is 0.944. The molecule has 0 bridgehead atoms. The van der Waals surface area contributed by atoms with Crippen molar-refractivity contribution in [1.82, 2.24) is 0 Å². The molecule has 2 aromatic carbocycles. The summed E-state index contributed by atoms with van der Waals surface area (Å²) in [6, 6.07) is 5.72. The molecule has 0 heterocycles. The van der Waals surface area contributed by atoms with Crippen LogP contribution in [0.4, 0.5) is 0 Å². The Labute approximate surface area is 153 Å². The standard InChI is InChI=1S/C20H16O7/c21-9-3-1-7-8-2-4-10(22)17-12(24)6-14(26)20(27,18(8)17)19-13(25)5-11(23)16(9)15(7)19/h1-4,13-14,19,21-22,25-27H,5-6H2. The second-order valence-corrected chi connectivity index (χ2v) is 7.44. The number of hydrogen-bond donors (Lipinski definition) is 5. The number of phenolic OH excluding ortho intramolecular Hbond substituents is 2. The second-order valence-electron chi connectivity index (χ2n) is 7.44. The van der Waals surface area contributed by atoms with Crippen molar-refractivity contribution in [1.29, 1.82) is 0 Å². The van der Waals surface area contributed by atoms with Crippen LogP contribution in [0.25, 0.3) is 11.1 Å². The third kappa shape index (κ3) is 1.76. The van der Waals surface area contributed by atoms with Crippen molar-refractivity contribution in [2.45, 2.75) is 36.6 Å². The molecule has 3 aliphatic rings. The average Bonchev–Trinajstić information content (AvgIpc) is 2.59. The lowest BCUT2D eigenvalue weighted by molar-refractivity contribution is -0.127. The summed E-state index contributed by atoms with van der Waals surface area (Å²) < 4.78 is 0. The second kappa shape index (κ2) is 4.95. The van der Waals surface area contributed by atoms with Gasteiger partial charge in [0.25, 0.3) is 0 Å². The maximum atomic E-state index is 12.5. The molecule has 2 aromatic rings. The summed E-state index contributed by atoms with van der Waals surface area (Å²) in [5.41, 5.74) is -0.958. The lowest BCUT2D eigenvalue weighted by atomic mass is 9.57. The molecule has 4 atom stereocenters. The van der Waals surface area contributed by atoms with Gasteiger partial charge >= 0.3 is 0 Å². The van der Waals surface area contributed by atoms with E-state index in [0.29, 0.717) is 11.1 Å². The van der Waals surface area contributed by atoms with Crippen molar-refractivity contribution in [3.8, 4) is 22.6 Å². The van der Waals surface area contributed by atoms with Crippen molar-refractivity contribution in [3.05, 3.63) is 46.5 Å². The Morgan fingerprint density at radius 2 is 1.44 bits per heavy atom. The maximum Gasteiger partial charge on any atom is 0.169 e. The molecule has 0 amide bonds. The van der Waals surface area contributed by atoms with E-state index in [1.807, 2.05) is 0 Å². The van der Waals surface area contributed by atoms with Crippen LogP contribution in [0.5, 0.6) is 11.5 Å². The highest BCUT2D eigenvalue weighted by atomic mass is 16.3. The van der Waals surface area contributed by atoms with Gasteiger partial charge in [0, 0.05) is 24.3 Å². The molecule has 0 saturated carbocycles. The highest BCUT2D eigenvalue weighted by molar-refractivity contribution is 6.08. The van der Waals surface area contributed by atoms with E-state index in [9.17, 15) is 35.1 Å². The van der Waals surface area contributed by atoms with Crippen molar-refractivity contribution >= 4 is 11.6 Å². The summed E-state index contributed by atoms with van der Waals surface area (Å²) in [4.78, 5) is 25.0. The molecule has 5 rings (SSSR count). The fourth-order valence-electron chi connectivity index (χ4n) is 5.05. The van der Waals surface area contributed by atoms with Crippen molar-refractivity contribution in [3.63, 3.8) is 0 Å². The molecular weight excluding hydrogens is 352 g/mol. The SMILES string of the molecule is O=C1CC(O)C2c3c(ccc(O)c31)-c1ccc(O)c3c1C2(O)C(O)CC3=O. The summed E-state index contributed by atoms with van der Waals surface area (Å²) in [5.74, 6) is -2.66. The van der Waals surface area contributed by atoms with Crippen LogP contribution in [0.2, 0.25) is 0 Å². The monoisotopic (exact) mass is 368 g/mol. The van der Waals surface area contributed by atoms with Gasteiger partial charge < -0.3 is 25.5 Å². The summed E-state index contributed by atoms with van der Waals surface area (Å²) in [7, 11) is 0. The number of hydrogen-bond acceptors (Lipinski definition) is 7. The van der Waals surface area contributed by atoms with E-state index in [2.05, 4.69) is 0 Å². The first-order valence-electron chi connectivity index (χ1n) is 8.64. The highest BCUT2D eigenvalue weighted by Crippen LogP contribution is 2.60. The Balaban J connectivity index is 2.00. The Morgan fingerprint density at radius 1 is 0.852 bits per heavy atom. The molecule has 27 heavy (non-hydrogen) atoms. The third-order valence-electron chi connectivity index (χ3n) is 6.11. The first kappa shape index (κ1) is 16.4. The van der Waals surface area contributed by atoms with E-state index in [0.717, 1.165) is 0 Å². The first-order valence-corrected chi connectivity index (χ1v) is 8.64. The fourth-order valence-corrected chi connectivity index (χ4v) is 5.05. The molecule has 7 heteroatoms. The zero-order chi connectivity index (χ0) is 19.2. The predicted molar refractivity (Wildman–Crippen MR) is 91.8 cm³/mol. The van der Waals surface area contributed by atoms with E-state index in [1.165, 1.54) is 18.2 Å². The molecule has 3 aliphatic carbocycles. The molecule has 4 unspecified atom stereocenters. The quantitative estimate of drug-likeness (QED) is 0.467. The summed E-state index contributed by atoms with van der Waals surface area (Å²) in [6.45, 7) is 0. The smallest absolute Gasteiger partial charge is 0.169 e. The Bertz CT molecular complexity index is 1060. The number of phenols is 2. The van der Waals surface area contributed by atoms with E-state index < -0.39 is 41.7 Å². The number of ketones is 2. The average molecular weight is 368 g/mol. The van der Waals surface area contributed by atoms with Gasteiger partial charge in [-0.05, 0) is 28.8 Å². The number of Topliss-reactive ketones (excluding diaryl/α,β-unsaturated/α-hetero) is 2. The minimum absolute atomic E-state index is 0.0144. The van der Waals surface area contributed by atoms with Gasteiger partial charge in [0.1, 0.15) is 17.1 Å². The highest BCUT2D eigenvalue weighted by Gasteiger charge is 2.60. The van der Waals surface area contributed by atoms with Gasteiger partial charge in [-0.3, -0.25) is 9.59 Å². The van der Waals surface area contributed by atoms with Gasteiger partial charge in [-0.2, -0.15) is 0 Å². The topological polar surface area (TPSA) is 135 Å². The maximum absolute atomic E-state index is 12.5. The lowest BCUT2D eigenvalue weighted by Gasteiger charge is -2.51. The number of carbonyl (C=O) groups excluding carboxylic acids is 2. The normalized spacial score (nSPS) is 30.7. The zero-order valence-corrected chi connectivity index (χ0v) is 14.0. The summed E-state index contributed by atoms with van der Waals surface area (Å²) >= 11 is 0. The zero-order valence-electron chi connectivity index (χ0n) is 14.0.